The molecule has 0 fully saturated rings. The van der Waals surface area contributed by atoms with Crippen molar-refractivity contribution < 1.29 is 19.5 Å². The van der Waals surface area contributed by atoms with Crippen molar-refractivity contribution in [2.24, 2.45) is 0 Å². The number of carboxylic acid groups (broad SMARTS) is 1. The van der Waals surface area contributed by atoms with Crippen LogP contribution in [0, 0.1) is 0 Å². The Morgan fingerprint density at radius 3 is 2.25 bits per heavy atom. The fourth-order valence-electron chi connectivity index (χ4n) is 2.76. The Morgan fingerprint density at radius 2 is 1.56 bits per heavy atom. The number of hydrogen-bond acceptors (Lipinski definition) is 4. The zero-order valence-electron chi connectivity index (χ0n) is 16.7. The number of carbonyl (C=O) groups excluding carboxylic acids is 2. The Morgan fingerprint density at radius 1 is 0.844 bits per heavy atom. The van der Waals surface area contributed by atoms with Crippen molar-refractivity contribution >= 4 is 52.5 Å². The predicted octanol–water partition coefficient (Wildman–Crippen LogP) is 5.39. The first kappa shape index (κ1) is 23.1. The van der Waals surface area contributed by atoms with Gasteiger partial charge in [-0.05, 0) is 48.0 Å². The standard InChI is InChI=1S/C24H19ClN2O4S/c25-17-9-11-18(12-10-17)27-24(31)23(16-5-2-1-3-6-16)32-20-8-4-7-19(15-20)26-21(28)13-14-22(29)30/h1-15,23H,(H,26,28)(H,27,31)(H,29,30)/b14-13+. The molecule has 0 saturated heterocycles. The van der Waals surface area contributed by atoms with E-state index in [1.54, 1.807) is 42.5 Å². The summed E-state index contributed by atoms with van der Waals surface area (Å²) in [5.74, 6) is -1.97. The summed E-state index contributed by atoms with van der Waals surface area (Å²) in [5, 5.41) is 14.2. The van der Waals surface area contributed by atoms with Crippen LogP contribution in [0.15, 0.2) is 95.9 Å². The zero-order chi connectivity index (χ0) is 22.9. The number of hydrogen-bond donors (Lipinski definition) is 3. The average molecular weight is 467 g/mol. The summed E-state index contributed by atoms with van der Waals surface area (Å²) in [6.07, 6.45) is 1.70. The molecule has 8 heteroatoms. The van der Waals surface area contributed by atoms with Crippen LogP contribution in [0.2, 0.25) is 5.02 Å². The van der Waals surface area contributed by atoms with E-state index in [1.807, 2.05) is 36.4 Å². The molecule has 0 radical (unpaired) electrons. The lowest BCUT2D eigenvalue weighted by Gasteiger charge is -2.17. The highest BCUT2D eigenvalue weighted by Gasteiger charge is 2.22. The van der Waals surface area contributed by atoms with Gasteiger partial charge in [-0.3, -0.25) is 9.59 Å². The molecule has 3 aromatic rings. The summed E-state index contributed by atoms with van der Waals surface area (Å²) in [4.78, 5) is 36.3. The van der Waals surface area contributed by atoms with Crippen LogP contribution in [0.5, 0.6) is 0 Å². The van der Waals surface area contributed by atoms with Crippen molar-refractivity contribution in [3.05, 3.63) is 102 Å². The smallest absolute Gasteiger partial charge is 0.328 e. The van der Waals surface area contributed by atoms with E-state index in [0.29, 0.717) is 16.4 Å². The summed E-state index contributed by atoms with van der Waals surface area (Å²) >= 11 is 7.25. The van der Waals surface area contributed by atoms with Gasteiger partial charge in [0.15, 0.2) is 0 Å². The number of halogens is 1. The van der Waals surface area contributed by atoms with Gasteiger partial charge in [-0.15, -0.1) is 11.8 Å². The van der Waals surface area contributed by atoms with Gasteiger partial charge in [0.05, 0.1) is 0 Å². The average Bonchev–Trinajstić information content (AvgIpc) is 2.78. The maximum absolute atomic E-state index is 13.1. The van der Waals surface area contributed by atoms with Crippen molar-refractivity contribution in [1.82, 2.24) is 0 Å². The number of amides is 2. The highest BCUT2D eigenvalue weighted by molar-refractivity contribution is 8.00. The molecule has 0 spiro atoms. The van der Waals surface area contributed by atoms with E-state index in [0.717, 1.165) is 22.6 Å². The summed E-state index contributed by atoms with van der Waals surface area (Å²) in [6, 6.07) is 23.2. The van der Waals surface area contributed by atoms with E-state index in [-0.39, 0.29) is 5.91 Å². The van der Waals surface area contributed by atoms with Crippen LogP contribution < -0.4 is 10.6 Å². The van der Waals surface area contributed by atoms with E-state index in [4.69, 9.17) is 16.7 Å². The molecule has 32 heavy (non-hydrogen) atoms. The van der Waals surface area contributed by atoms with Gasteiger partial charge in [0.25, 0.3) is 0 Å². The molecule has 2 amide bonds. The molecular formula is C24H19ClN2O4S. The van der Waals surface area contributed by atoms with E-state index in [1.165, 1.54) is 11.8 Å². The summed E-state index contributed by atoms with van der Waals surface area (Å²) in [7, 11) is 0. The normalized spacial score (nSPS) is 11.7. The van der Waals surface area contributed by atoms with Gasteiger partial charge in [0.2, 0.25) is 11.8 Å². The topological polar surface area (TPSA) is 95.5 Å². The minimum absolute atomic E-state index is 0.206. The number of aliphatic carboxylic acids is 1. The molecule has 1 unspecified atom stereocenters. The van der Waals surface area contributed by atoms with Crippen LogP contribution in [0.1, 0.15) is 10.8 Å². The number of anilines is 2. The maximum atomic E-state index is 13.1. The highest BCUT2D eigenvalue weighted by Crippen LogP contribution is 2.37. The van der Waals surface area contributed by atoms with Crippen LogP contribution in [0.4, 0.5) is 11.4 Å². The molecule has 162 valence electrons. The molecular weight excluding hydrogens is 448 g/mol. The molecule has 3 N–H and O–H groups in total. The lowest BCUT2D eigenvalue weighted by Crippen LogP contribution is -2.19. The van der Waals surface area contributed by atoms with Crippen molar-refractivity contribution in [1.29, 1.82) is 0 Å². The third-order valence-corrected chi connectivity index (χ3v) is 5.69. The van der Waals surface area contributed by atoms with Gasteiger partial charge < -0.3 is 15.7 Å². The van der Waals surface area contributed by atoms with Gasteiger partial charge in [-0.25, -0.2) is 4.79 Å². The van der Waals surface area contributed by atoms with Crippen molar-refractivity contribution in [2.75, 3.05) is 10.6 Å². The first-order chi connectivity index (χ1) is 15.4. The molecule has 1 atom stereocenters. The van der Waals surface area contributed by atoms with Gasteiger partial charge >= 0.3 is 5.97 Å². The zero-order valence-corrected chi connectivity index (χ0v) is 18.3. The predicted molar refractivity (Wildman–Crippen MR) is 127 cm³/mol. The molecule has 0 aromatic heterocycles. The van der Waals surface area contributed by atoms with Crippen LogP contribution in [-0.4, -0.2) is 22.9 Å². The molecule has 0 aliphatic rings. The van der Waals surface area contributed by atoms with Gasteiger partial charge in [0.1, 0.15) is 5.25 Å². The molecule has 0 aliphatic heterocycles. The Kier molecular flexibility index (Phi) is 8.08. The second-order valence-electron chi connectivity index (χ2n) is 6.59. The van der Waals surface area contributed by atoms with Crippen LogP contribution in [0.25, 0.3) is 0 Å². The summed E-state index contributed by atoms with van der Waals surface area (Å²) in [6.45, 7) is 0. The minimum Gasteiger partial charge on any atom is -0.478 e. The van der Waals surface area contributed by atoms with Crippen molar-refractivity contribution in [2.45, 2.75) is 10.1 Å². The molecule has 0 saturated carbocycles. The number of benzene rings is 3. The lowest BCUT2D eigenvalue weighted by molar-refractivity contribution is -0.131. The van der Waals surface area contributed by atoms with E-state index in [9.17, 15) is 14.4 Å². The first-order valence-electron chi connectivity index (χ1n) is 9.51. The lowest BCUT2D eigenvalue weighted by atomic mass is 10.1. The van der Waals surface area contributed by atoms with Crippen molar-refractivity contribution in [3.8, 4) is 0 Å². The monoisotopic (exact) mass is 466 g/mol. The maximum Gasteiger partial charge on any atom is 0.328 e. The highest BCUT2D eigenvalue weighted by atomic mass is 35.5. The van der Waals surface area contributed by atoms with E-state index >= 15 is 0 Å². The van der Waals surface area contributed by atoms with Gasteiger partial charge in [-0.1, -0.05) is 48.0 Å². The molecule has 3 rings (SSSR count). The quantitative estimate of drug-likeness (QED) is 0.305. The summed E-state index contributed by atoms with van der Waals surface area (Å²) < 4.78 is 0. The van der Waals surface area contributed by atoms with Crippen LogP contribution >= 0.6 is 23.4 Å². The Hall–Kier alpha value is -3.55. The Labute approximate surface area is 194 Å². The summed E-state index contributed by atoms with van der Waals surface area (Å²) in [5.41, 5.74) is 1.94. The van der Waals surface area contributed by atoms with Crippen LogP contribution in [0.3, 0.4) is 0 Å². The van der Waals surface area contributed by atoms with E-state index < -0.39 is 17.1 Å². The molecule has 0 bridgehead atoms. The number of carboxylic acids is 1. The first-order valence-corrected chi connectivity index (χ1v) is 10.8. The van der Waals surface area contributed by atoms with Crippen LogP contribution in [-0.2, 0) is 14.4 Å². The number of nitrogens with one attached hydrogen (secondary N) is 2. The SMILES string of the molecule is O=C(O)/C=C/C(=O)Nc1cccc(SC(C(=O)Nc2ccc(Cl)cc2)c2ccccc2)c1. The third kappa shape index (κ3) is 7.01. The Balaban J connectivity index is 1.79. The van der Waals surface area contributed by atoms with Gasteiger partial charge in [-0.2, -0.15) is 0 Å². The third-order valence-electron chi connectivity index (χ3n) is 4.19. The number of thioether (sulfide) groups is 1. The van der Waals surface area contributed by atoms with Gasteiger partial charge in [0, 0.05) is 33.4 Å². The Bertz CT molecular complexity index is 1130. The minimum atomic E-state index is -1.21. The van der Waals surface area contributed by atoms with Crippen molar-refractivity contribution in [3.63, 3.8) is 0 Å². The second-order valence-corrected chi connectivity index (χ2v) is 8.21. The molecule has 0 heterocycles. The molecule has 6 nitrogen and oxygen atoms in total. The molecule has 3 aromatic carbocycles. The number of carbonyl (C=O) groups is 3. The fourth-order valence-corrected chi connectivity index (χ4v) is 3.97. The largest absolute Gasteiger partial charge is 0.478 e. The fraction of sp³-hybridized carbons (Fsp3) is 0.0417. The van der Waals surface area contributed by atoms with E-state index in [2.05, 4.69) is 10.6 Å². The number of rotatable bonds is 8. The molecule has 0 aliphatic carbocycles. The second kappa shape index (κ2) is 11.2.